The third kappa shape index (κ3) is 3.39. The van der Waals surface area contributed by atoms with Crippen LogP contribution in [0.4, 0.5) is 0 Å². The first-order valence-electron chi connectivity index (χ1n) is 8.12. The van der Waals surface area contributed by atoms with E-state index in [9.17, 15) is 4.79 Å². The molecule has 4 N–H and O–H groups in total. The predicted octanol–water partition coefficient (Wildman–Crippen LogP) is 1.39. The van der Waals surface area contributed by atoms with Crippen LogP contribution >= 0.6 is 0 Å². The van der Waals surface area contributed by atoms with Crippen molar-refractivity contribution in [1.29, 1.82) is 0 Å². The molecule has 0 aromatic rings. The normalized spacial score (nSPS) is 28.3. The molecule has 0 aromatic heterocycles. The lowest BCUT2D eigenvalue weighted by Crippen LogP contribution is -2.49. The first-order valence-corrected chi connectivity index (χ1v) is 8.12. The van der Waals surface area contributed by atoms with Crippen LogP contribution in [0.2, 0.25) is 0 Å². The Balaban J connectivity index is 2.20. The number of rotatable bonds is 6. The van der Waals surface area contributed by atoms with Crippen LogP contribution in [-0.4, -0.2) is 37.3 Å². The smallest absolute Gasteiger partial charge is 0.224 e. The minimum Gasteiger partial charge on any atom is -0.400 e. The highest BCUT2D eigenvalue weighted by molar-refractivity contribution is 6.10. The molecule has 2 unspecified atom stereocenters. The topological polar surface area (TPSA) is 79.5 Å². The van der Waals surface area contributed by atoms with Gasteiger partial charge in [-0.25, -0.2) is 0 Å². The van der Waals surface area contributed by atoms with Gasteiger partial charge in [0, 0.05) is 24.2 Å². The number of fused-ring (bicyclic) bond motifs is 1. The Bertz CT molecular complexity index is 576. The standard InChI is InChI=1S/C18H28N4O/c1-6-8-11(14(7-2)20-5)16(19)18(3,4)22-17(23)15-12-9-21-10-13(12)15/h6-8,12-13,15,21H,2,9-10,19H2,1,3-5H3,(H,22,23)/b8-6-,16-11-,20-14?. The number of carbonyl (C=O) groups excluding carboxylic acids is 1. The molecule has 5 heteroatoms. The fourth-order valence-electron chi connectivity index (χ4n) is 3.40. The van der Waals surface area contributed by atoms with Crippen LogP contribution in [0.15, 0.2) is 41.1 Å². The highest BCUT2D eigenvalue weighted by Crippen LogP contribution is 2.48. The third-order valence-corrected chi connectivity index (χ3v) is 4.84. The summed E-state index contributed by atoms with van der Waals surface area (Å²) < 4.78 is 0. The number of piperidine rings is 1. The molecule has 1 aliphatic heterocycles. The monoisotopic (exact) mass is 316 g/mol. The fraction of sp³-hybridized carbons (Fsp3) is 0.556. The Morgan fingerprint density at radius 1 is 1.39 bits per heavy atom. The summed E-state index contributed by atoms with van der Waals surface area (Å²) in [5.41, 5.74) is 7.86. The lowest BCUT2D eigenvalue weighted by Gasteiger charge is -2.29. The van der Waals surface area contributed by atoms with E-state index in [0.29, 0.717) is 17.5 Å². The fourth-order valence-corrected chi connectivity index (χ4v) is 3.40. The molecule has 1 aliphatic carbocycles. The summed E-state index contributed by atoms with van der Waals surface area (Å²) in [6.45, 7) is 11.5. The van der Waals surface area contributed by atoms with Crippen molar-refractivity contribution in [2.45, 2.75) is 26.3 Å². The second kappa shape index (κ2) is 6.71. The number of hydrogen-bond acceptors (Lipinski definition) is 4. The van der Waals surface area contributed by atoms with Crippen LogP contribution in [-0.2, 0) is 4.79 Å². The second-order valence-corrected chi connectivity index (χ2v) is 6.77. The Morgan fingerprint density at radius 2 is 2.00 bits per heavy atom. The van der Waals surface area contributed by atoms with Crippen LogP contribution in [0.1, 0.15) is 20.8 Å². The summed E-state index contributed by atoms with van der Waals surface area (Å²) >= 11 is 0. The van der Waals surface area contributed by atoms with Crippen molar-refractivity contribution >= 4 is 11.6 Å². The van der Waals surface area contributed by atoms with Crippen molar-refractivity contribution in [2.75, 3.05) is 20.1 Å². The summed E-state index contributed by atoms with van der Waals surface area (Å²) in [5, 5.41) is 6.42. The van der Waals surface area contributed by atoms with E-state index in [1.54, 1.807) is 13.1 Å². The molecule has 1 amide bonds. The lowest BCUT2D eigenvalue weighted by atomic mass is 9.93. The molecular weight excluding hydrogens is 288 g/mol. The lowest BCUT2D eigenvalue weighted by molar-refractivity contribution is -0.124. The molecule has 2 rings (SSSR count). The van der Waals surface area contributed by atoms with Gasteiger partial charge < -0.3 is 16.4 Å². The molecule has 23 heavy (non-hydrogen) atoms. The average molecular weight is 316 g/mol. The van der Waals surface area contributed by atoms with Gasteiger partial charge >= 0.3 is 0 Å². The first kappa shape index (κ1) is 17.5. The van der Waals surface area contributed by atoms with Crippen LogP contribution in [0.25, 0.3) is 0 Å². The number of nitrogens with two attached hydrogens (primary N) is 1. The number of nitrogens with one attached hydrogen (secondary N) is 2. The number of nitrogens with zero attached hydrogens (tertiary/aromatic N) is 1. The summed E-state index contributed by atoms with van der Waals surface area (Å²) in [6, 6.07) is 0. The Morgan fingerprint density at radius 3 is 2.48 bits per heavy atom. The summed E-state index contributed by atoms with van der Waals surface area (Å²) in [6.07, 6.45) is 5.49. The third-order valence-electron chi connectivity index (χ3n) is 4.84. The highest BCUT2D eigenvalue weighted by atomic mass is 16.2. The molecule has 1 heterocycles. The largest absolute Gasteiger partial charge is 0.400 e. The van der Waals surface area contributed by atoms with E-state index in [2.05, 4.69) is 22.2 Å². The van der Waals surface area contributed by atoms with E-state index in [-0.39, 0.29) is 11.8 Å². The molecule has 2 fully saturated rings. The highest BCUT2D eigenvalue weighted by Gasteiger charge is 2.57. The van der Waals surface area contributed by atoms with Crippen molar-refractivity contribution in [1.82, 2.24) is 10.6 Å². The van der Waals surface area contributed by atoms with Gasteiger partial charge in [-0.05, 0) is 51.8 Å². The van der Waals surface area contributed by atoms with Gasteiger partial charge in [0.15, 0.2) is 0 Å². The van der Waals surface area contributed by atoms with Gasteiger partial charge in [0.1, 0.15) is 0 Å². The molecule has 1 saturated heterocycles. The number of allylic oxidation sites excluding steroid dienone is 4. The zero-order chi connectivity index (χ0) is 17.2. The van der Waals surface area contributed by atoms with Crippen LogP contribution in [0.5, 0.6) is 0 Å². The molecule has 5 nitrogen and oxygen atoms in total. The van der Waals surface area contributed by atoms with E-state index >= 15 is 0 Å². The van der Waals surface area contributed by atoms with Gasteiger partial charge in [0.25, 0.3) is 0 Å². The predicted molar refractivity (Wildman–Crippen MR) is 95.1 cm³/mol. The summed E-state index contributed by atoms with van der Waals surface area (Å²) in [5.74, 6) is 1.22. The maximum Gasteiger partial charge on any atom is 0.224 e. The van der Waals surface area contributed by atoms with Crippen molar-refractivity contribution in [3.8, 4) is 0 Å². The maximum atomic E-state index is 12.5. The van der Waals surface area contributed by atoms with E-state index in [1.165, 1.54) is 0 Å². The van der Waals surface area contributed by atoms with E-state index in [0.717, 1.165) is 24.4 Å². The molecule has 2 aliphatic rings. The van der Waals surface area contributed by atoms with Gasteiger partial charge in [-0.15, -0.1) is 0 Å². The Hall–Kier alpha value is -1.88. The Labute approximate surface area is 138 Å². The average Bonchev–Trinajstić information content (AvgIpc) is 3.00. The first-order chi connectivity index (χ1) is 10.9. The number of carbonyl (C=O) groups is 1. The van der Waals surface area contributed by atoms with Crippen molar-refractivity contribution < 1.29 is 4.79 Å². The zero-order valence-corrected chi connectivity index (χ0v) is 14.5. The van der Waals surface area contributed by atoms with Gasteiger partial charge in [0.2, 0.25) is 5.91 Å². The summed E-state index contributed by atoms with van der Waals surface area (Å²) in [7, 11) is 1.71. The number of hydrogen-bond donors (Lipinski definition) is 3. The Kier molecular flexibility index (Phi) is 5.09. The minimum atomic E-state index is -0.644. The molecular formula is C18H28N4O. The van der Waals surface area contributed by atoms with Gasteiger partial charge in [0.05, 0.1) is 11.3 Å². The molecule has 0 spiro atoms. The molecule has 1 saturated carbocycles. The number of amides is 1. The molecule has 0 radical (unpaired) electrons. The molecule has 126 valence electrons. The van der Waals surface area contributed by atoms with Crippen molar-refractivity contribution in [3.05, 3.63) is 36.1 Å². The second-order valence-electron chi connectivity index (χ2n) is 6.77. The number of aliphatic imine (C=N–C) groups is 1. The van der Waals surface area contributed by atoms with Crippen molar-refractivity contribution in [2.24, 2.45) is 28.5 Å². The SMILES string of the molecule is C=CC(=NC)C(/C=C\C)=C(\N)C(C)(C)NC(=O)C1C2CNCC21. The minimum absolute atomic E-state index is 0.0999. The van der Waals surface area contributed by atoms with Crippen LogP contribution < -0.4 is 16.4 Å². The summed E-state index contributed by atoms with van der Waals surface area (Å²) in [4.78, 5) is 16.8. The quantitative estimate of drug-likeness (QED) is 0.512. The zero-order valence-electron chi connectivity index (χ0n) is 14.5. The van der Waals surface area contributed by atoms with E-state index in [1.807, 2.05) is 32.9 Å². The molecule has 0 bridgehead atoms. The van der Waals surface area contributed by atoms with Crippen LogP contribution in [0.3, 0.4) is 0 Å². The maximum absolute atomic E-state index is 12.5. The van der Waals surface area contributed by atoms with Gasteiger partial charge in [-0.1, -0.05) is 18.7 Å². The van der Waals surface area contributed by atoms with Gasteiger partial charge in [-0.3, -0.25) is 9.79 Å². The molecule has 2 atom stereocenters. The van der Waals surface area contributed by atoms with Crippen LogP contribution in [0, 0.1) is 17.8 Å². The van der Waals surface area contributed by atoms with E-state index in [4.69, 9.17) is 5.73 Å². The van der Waals surface area contributed by atoms with Gasteiger partial charge in [-0.2, -0.15) is 0 Å². The molecule has 0 aromatic carbocycles. The van der Waals surface area contributed by atoms with E-state index < -0.39 is 5.54 Å². The van der Waals surface area contributed by atoms with Crippen molar-refractivity contribution in [3.63, 3.8) is 0 Å².